The second kappa shape index (κ2) is 12.6. The van der Waals surface area contributed by atoms with Crippen LogP contribution in [-0.2, 0) is 23.9 Å². The fourth-order valence-electron chi connectivity index (χ4n) is 2.30. The van der Waals surface area contributed by atoms with Crippen LogP contribution in [0.3, 0.4) is 0 Å². The van der Waals surface area contributed by atoms with Crippen LogP contribution in [0.2, 0.25) is 0 Å². The molecule has 0 aliphatic carbocycles. The van der Waals surface area contributed by atoms with E-state index in [0.29, 0.717) is 23.4 Å². The molecule has 0 atom stereocenters. The molecule has 7 heteroatoms. The van der Waals surface area contributed by atoms with E-state index in [1.54, 1.807) is 51.1 Å². The normalized spacial score (nSPS) is 11.6. The standard InChI is InChI=1S/C23H32N2O5/c1-5-6-15-29-21(27)12-10-18-9-7-17(8-11-22(28)30-23(2,3)4)16-19(18)25-20(26)13-14-24/h7-12,16H,5-6,13-15,24H2,1-4H3,(H,25,26)/b11-8+,12-10+. The summed E-state index contributed by atoms with van der Waals surface area (Å²) in [6.45, 7) is 7.97. The lowest BCUT2D eigenvalue weighted by molar-refractivity contribution is -0.148. The molecule has 3 N–H and O–H groups in total. The van der Waals surface area contributed by atoms with Crippen LogP contribution in [0.5, 0.6) is 0 Å². The summed E-state index contributed by atoms with van der Waals surface area (Å²) in [5.41, 5.74) is 6.67. The van der Waals surface area contributed by atoms with Crippen LogP contribution >= 0.6 is 0 Å². The Morgan fingerprint density at radius 3 is 2.43 bits per heavy atom. The maximum Gasteiger partial charge on any atom is 0.331 e. The largest absolute Gasteiger partial charge is 0.463 e. The van der Waals surface area contributed by atoms with E-state index < -0.39 is 17.5 Å². The second-order valence-corrected chi connectivity index (χ2v) is 7.65. The molecule has 0 unspecified atom stereocenters. The minimum absolute atomic E-state index is 0.167. The zero-order valence-electron chi connectivity index (χ0n) is 18.2. The molecule has 164 valence electrons. The summed E-state index contributed by atoms with van der Waals surface area (Å²) in [6, 6.07) is 5.21. The van der Waals surface area contributed by atoms with Crippen LogP contribution < -0.4 is 11.1 Å². The first-order valence-electron chi connectivity index (χ1n) is 10.0. The van der Waals surface area contributed by atoms with E-state index in [2.05, 4.69) is 5.32 Å². The number of anilines is 1. The quantitative estimate of drug-likeness (QED) is 0.342. The van der Waals surface area contributed by atoms with Crippen LogP contribution in [0.15, 0.2) is 30.4 Å². The van der Waals surface area contributed by atoms with Crippen molar-refractivity contribution in [2.45, 2.75) is 52.6 Å². The molecule has 1 amide bonds. The van der Waals surface area contributed by atoms with Crippen molar-refractivity contribution >= 4 is 35.7 Å². The number of hydrogen-bond donors (Lipinski definition) is 2. The maximum absolute atomic E-state index is 12.0. The summed E-state index contributed by atoms with van der Waals surface area (Å²) in [5.74, 6) is -1.16. The molecule has 1 aromatic carbocycles. The van der Waals surface area contributed by atoms with Crippen molar-refractivity contribution in [3.05, 3.63) is 41.5 Å². The fraction of sp³-hybridized carbons (Fsp3) is 0.435. The average Bonchev–Trinajstić information content (AvgIpc) is 2.64. The maximum atomic E-state index is 12.0. The zero-order chi connectivity index (χ0) is 22.6. The lowest BCUT2D eigenvalue weighted by Gasteiger charge is -2.17. The molecule has 0 heterocycles. The number of carbonyl (C=O) groups is 3. The summed E-state index contributed by atoms with van der Waals surface area (Å²) in [6.07, 6.45) is 7.73. The third kappa shape index (κ3) is 10.6. The third-order valence-corrected chi connectivity index (χ3v) is 3.68. The van der Waals surface area contributed by atoms with Crippen LogP contribution in [0.25, 0.3) is 12.2 Å². The number of nitrogens with two attached hydrogens (primary N) is 1. The molecule has 0 fully saturated rings. The van der Waals surface area contributed by atoms with Crippen molar-refractivity contribution in [3.8, 4) is 0 Å². The van der Waals surface area contributed by atoms with E-state index in [1.807, 2.05) is 6.92 Å². The molecule has 1 aromatic rings. The molecule has 0 radical (unpaired) electrons. The lowest BCUT2D eigenvalue weighted by Crippen LogP contribution is -2.22. The van der Waals surface area contributed by atoms with Gasteiger partial charge in [0.05, 0.1) is 6.61 Å². The zero-order valence-corrected chi connectivity index (χ0v) is 18.2. The van der Waals surface area contributed by atoms with Crippen LogP contribution in [0, 0.1) is 0 Å². The summed E-state index contributed by atoms with van der Waals surface area (Å²) in [7, 11) is 0. The van der Waals surface area contributed by atoms with Gasteiger partial charge in [0, 0.05) is 30.8 Å². The van der Waals surface area contributed by atoms with Crippen molar-refractivity contribution in [2.75, 3.05) is 18.5 Å². The Labute approximate surface area is 178 Å². The Morgan fingerprint density at radius 2 is 1.80 bits per heavy atom. The van der Waals surface area contributed by atoms with Gasteiger partial charge in [0.1, 0.15) is 5.60 Å². The average molecular weight is 417 g/mol. The van der Waals surface area contributed by atoms with Crippen LogP contribution in [0.4, 0.5) is 5.69 Å². The van der Waals surface area contributed by atoms with Gasteiger partial charge in [-0.05, 0) is 56.5 Å². The van der Waals surface area contributed by atoms with Crippen molar-refractivity contribution in [1.29, 1.82) is 0 Å². The Balaban J connectivity index is 3.01. The van der Waals surface area contributed by atoms with Gasteiger partial charge in [0.2, 0.25) is 5.91 Å². The van der Waals surface area contributed by atoms with Crippen molar-refractivity contribution < 1.29 is 23.9 Å². The van der Waals surface area contributed by atoms with Crippen LogP contribution in [-0.4, -0.2) is 36.6 Å². The number of ether oxygens (including phenoxy) is 2. The molecule has 7 nitrogen and oxygen atoms in total. The highest BCUT2D eigenvalue weighted by Crippen LogP contribution is 2.21. The first kappa shape index (κ1) is 25.1. The molecule has 1 rings (SSSR count). The molecule has 0 bridgehead atoms. The molecule has 0 aliphatic rings. The minimum atomic E-state index is -0.580. The monoisotopic (exact) mass is 416 g/mol. The lowest BCUT2D eigenvalue weighted by atomic mass is 10.1. The van der Waals surface area contributed by atoms with Gasteiger partial charge in [0.25, 0.3) is 0 Å². The van der Waals surface area contributed by atoms with Gasteiger partial charge in [-0.25, -0.2) is 9.59 Å². The topological polar surface area (TPSA) is 108 Å². The second-order valence-electron chi connectivity index (χ2n) is 7.65. The molecule has 0 saturated carbocycles. The Morgan fingerprint density at radius 1 is 1.10 bits per heavy atom. The predicted octanol–water partition coefficient (Wildman–Crippen LogP) is 3.69. The van der Waals surface area contributed by atoms with Gasteiger partial charge in [-0.15, -0.1) is 0 Å². The summed E-state index contributed by atoms with van der Waals surface area (Å²) in [4.78, 5) is 35.7. The fourth-order valence-corrected chi connectivity index (χ4v) is 2.30. The smallest absolute Gasteiger partial charge is 0.331 e. The summed E-state index contributed by atoms with van der Waals surface area (Å²) < 4.78 is 10.3. The van der Waals surface area contributed by atoms with Gasteiger partial charge >= 0.3 is 11.9 Å². The first-order chi connectivity index (χ1) is 14.1. The van der Waals surface area contributed by atoms with E-state index >= 15 is 0 Å². The SMILES string of the molecule is CCCCOC(=O)/C=C/c1ccc(/C=C/C(=O)OC(C)(C)C)cc1NC(=O)CCN. The van der Waals surface area contributed by atoms with Gasteiger partial charge < -0.3 is 20.5 Å². The number of rotatable bonds is 10. The van der Waals surface area contributed by atoms with Gasteiger partial charge in [-0.1, -0.05) is 25.5 Å². The van der Waals surface area contributed by atoms with Crippen molar-refractivity contribution in [1.82, 2.24) is 0 Å². The van der Waals surface area contributed by atoms with E-state index in [4.69, 9.17) is 15.2 Å². The summed E-state index contributed by atoms with van der Waals surface area (Å²) >= 11 is 0. The number of carbonyl (C=O) groups excluding carboxylic acids is 3. The highest BCUT2D eigenvalue weighted by atomic mass is 16.6. The summed E-state index contributed by atoms with van der Waals surface area (Å²) in [5, 5.41) is 2.78. The third-order valence-electron chi connectivity index (χ3n) is 3.68. The number of amides is 1. The molecule has 0 aromatic heterocycles. The molecule has 0 aliphatic heterocycles. The number of unbranched alkanes of at least 4 members (excludes halogenated alkanes) is 1. The molecular weight excluding hydrogens is 384 g/mol. The van der Waals surface area contributed by atoms with E-state index in [9.17, 15) is 14.4 Å². The first-order valence-corrected chi connectivity index (χ1v) is 10.0. The van der Waals surface area contributed by atoms with E-state index in [0.717, 1.165) is 12.8 Å². The minimum Gasteiger partial charge on any atom is -0.463 e. The molecule has 30 heavy (non-hydrogen) atoms. The Kier molecular flexibility index (Phi) is 10.5. The molecular formula is C23H32N2O5. The number of hydrogen-bond acceptors (Lipinski definition) is 6. The molecule has 0 spiro atoms. The number of esters is 2. The van der Waals surface area contributed by atoms with E-state index in [1.165, 1.54) is 12.2 Å². The van der Waals surface area contributed by atoms with Gasteiger partial charge in [-0.2, -0.15) is 0 Å². The predicted molar refractivity (Wildman–Crippen MR) is 119 cm³/mol. The van der Waals surface area contributed by atoms with E-state index in [-0.39, 0.29) is 18.9 Å². The molecule has 0 saturated heterocycles. The van der Waals surface area contributed by atoms with Gasteiger partial charge in [-0.3, -0.25) is 4.79 Å². The Hall–Kier alpha value is -2.93. The number of benzene rings is 1. The van der Waals surface area contributed by atoms with Crippen molar-refractivity contribution in [2.24, 2.45) is 5.73 Å². The number of nitrogens with one attached hydrogen (secondary N) is 1. The highest BCUT2D eigenvalue weighted by Gasteiger charge is 2.14. The van der Waals surface area contributed by atoms with Crippen molar-refractivity contribution in [3.63, 3.8) is 0 Å². The highest BCUT2D eigenvalue weighted by molar-refractivity contribution is 5.95. The Bertz CT molecular complexity index is 791. The van der Waals surface area contributed by atoms with Gasteiger partial charge in [0.15, 0.2) is 0 Å². The van der Waals surface area contributed by atoms with Crippen LogP contribution in [0.1, 0.15) is 58.1 Å².